The third-order valence-electron chi connectivity index (χ3n) is 1.05. The van der Waals surface area contributed by atoms with Crippen LogP contribution in [-0.2, 0) is 4.79 Å². The highest BCUT2D eigenvalue weighted by atomic mass is 16.1. The maximum Gasteiger partial charge on any atom is 0.243 e. The van der Waals surface area contributed by atoms with Gasteiger partial charge in [0, 0.05) is 6.54 Å². The topological polar surface area (TPSA) is 29.1 Å². The van der Waals surface area contributed by atoms with Gasteiger partial charge in [-0.2, -0.15) is 0 Å². The van der Waals surface area contributed by atoms with Gasteiger partial charge >= 0.3 is 0 Å². The van der Waals surface area contributed by atoms with Gasteiger partial charge in [-0.3, -0.25) is 4.79 Å². The zero-order valence-corrected chi connectivity index (χ0v) is 7.13. The minimum atomic E-state index is -0.0569. The molecule has 0 aromatic rings. The molecule has 0 fully saturated rings. The van der Waals surface area contributed by atoms with Crippen LogP contribution in [0.25, 0.3) is 0 Å². The van der Waals surface area contributed by atoms with E-state index in [0.29, 0.717) is 12.5 Å². The lowest BCUT2D eigenvalue weighted by Gasteiger charge is -1.96. The molecule has 0 aliphatic heterocycles. The second-order valence-corrected chi connectivity index (χ2v) is 2.64. The summed E-state index contributed by atoms with van der Waals surface area (Å²) in [6.45, 7) is 8.07. The van der Waals surface area contributed by atoms with E-state index in [1.165, 1.54) is 0 Å². The highest BCUT2D eigenvalue weighted by Crippen LogP contribution is 1.92. The van der Waals surface area contributed by atoms with E-state index < -0.39 is 0 Å². The monoisotopic (exact) mass is 153 g/mol. The third-order valence-corrected chi connectivity index (χ3v) is 1.05. The molecule has 0 aromatic carbocycles. The first-order chi connectivity index (χ1) is 5.16. The molecule has 0 bridgehead atoms. The molecule has 0 heterocycles. The van der Waals surface area contributed by atoms with Crippen molar-refractivity contribution in [2.24, 2.45) is 5.92 Å². The average molecular weight is 153 g/mol. The Balaban J connectivity index is 3.59. The van der Waals surface area contributed by atoms with Crippen molar-refractivity contribution in [2.75, 3.05) is 6.54 Å². The van der Waals surface area contributed by atoms with E-state index >= 15 is 0 Å². The van der Waals surface area contributed by atoms with Crippen LogP contribution >= 0.6 is 0 Å². The minimum absolute atomic E-state index is 0.0569. The fourth-order valence-electron chi connectivity index (χ4n) is 0.512. The lowest BCUT2D eigenvalue weighted by Crippen LogP contribution is -2.20. The Labute approximate surface area is 68.0 Å². The molecule has 1 amide bonds. The highest BCUT2D eigenvalue weighted by Gasteiger charge is 1.91. The predicted octanol–water partition coefficient (Wildman–Crippen LogP) is 1.50. The van der Waals surface area contributed by atoms with E-state index in [-0.39, 0.29) is 5.91 Å². The lowest BCUT2D eigenvalue weighted by atomic mass is 10.2. The number of rotatable bonds is 4. The Morgan fingerprint density at radius 2 is 2.27 bits per heavy atom. The van der Waals surface area contributed by atoms with Crippen LogP contribution in [-0.4, -0.2) is 12.5 Å². The summed E-state index contributed by atoms with van der Waals surface area (Å²) in [5, 5.41) is 2.64. The van der Waals surface area contributed by atoms with Crippen molar-refractivity contribution in [2.45, 2.75) is 13.8 Å². The summed E-state index contributed by atoms with van der Waals surface area (Å²) in [6, 6.07) is 0. The number of carbonyl (C=O) groups is 1. The molecule has 0 saturated carbocycles. The Hall–Kier alpha value is -1.05. The van der Waals surface area contributed by atoms with E-state index in [0.717, 1.165) is 0 Å². The molecule has 2 heteroatoms. The third kappa shape index (κ3) is 6.84. The molecular weight excluding hydrogens is 138 g/mol. The van der Waals surface area contributed by atoms with Gasteiger partial charge in [-0.15, -0.1) is 6.58 Å². The number of carbonyl (C=O) groups excluding carboxylic acids is 1. The molecule has 62 valence electrons. The summed E-state index contributed by atoms with van der Waals surface area (Å²) >= 11 is 0. The van der Waals surface area contributed by atoms with E-state index in [1.807, 2.05) is 19.9 Å². The summed E-state index contributed by atoms with van der Waals surface area (Å²) in [6.07, 6.45) is 5.06. The van der Waals surface area contributed by atoms with Gasteiger partial charge in [0.15, 0.2) is 0 Å². The van der Waals surface area contributed by atoms with E-state index in [1.54, 1.807) is 12.2 Å². The average Bonchev–Trinajstić information content (AvgIpc) is 1.97. The molecule has 11 heavy (non-hydrogen) atoms. The van der Waals surface area contributed by atoms with Crippen molar-refractivity contribution in [1.29, 1.82) is 0 Å². The van der Waals surface area contributed by atoms with Gasteiger partial charge in [-0.1, -0.05) is 26.0 Å². The normalized spacial score (nSPS) is 10.5. The molecule has 0 aromatic heterocycles. The van der Waals surface area contributed by atoms with Gasteiger partial charge in [-0.05, 0) is 12.0 Å². The number of hydrogen-bond donors (Lipinski definition) is 1. The molecule has 0 rings (SSSR count). The first-order valence-electron chi connectivity index (χ1n) is 3.73. The standard InChI is InChI=1S/C9H15NO/c1-4-7-10-9(11)6-5-8(2)3/h4-6,8H,1,7H2,2-3H3,(H,10,11)/b6-5+. The molecule has 0 aliphatic carbocycles. The molecule has 0 aliphatic rings. The zero-order valence-electron chi connectivity index (χ0n) is 7.13. The molecule has 0 unspecified atom stereocenters. The predicted molar refractivity (Wildman–Crippen MR) is 47.2 cm³/mol. The van der Waals surface area contributed by atoms with Crippen molar-refractivity contribution in [1.82, 2.24) is 5.32 Å². The molecule has 1 N–H and O–H groups in total. The summed E-state index contributed by atoms with van der Waals surface area (Å²) in [7, 11) is 0. The zero-order chi connectivity index (χ0) is 8.69. The maximum absolute atomic E-state index is 10.9. The van der Waals surface area contributed by atoms with Crippen molar-refractivity contribution in [3.8, 4) is 0 Å². The first-order valence-corrected chi connectivity index (χ1v) is 3.73. The van der Waals surface area contributed by atoms with E-state index in [9.17, 15) is 4.79 Å². The van der Waals surface area contributed by atoms with Crippen LogP contribution in [0.1, 0.15) is 13.8 Å². The van der Waals surface area contributed by atoms with E-state index in [4.69, 9.17) is 0 Å². The molecule has 2 nitrogen and oxygen atoms in total. The van der Waals surface area contributed by atoms with Crippen molar-refractivity contribution in [3.63, 3.8) is 0 Å². The summed E-state index contributed by atoms with van der Waals surface area (Å²) in [4.78, 5) is 10.9. The maximum atomic E-state index is 10.9. The summed E-state index contributed by atoms with van der Waals surface area (Å²) in [5.74, 6) is 0.364. The Morgan fingerprint density at radius 3 is 2.73 bits per heavy atom. The Kier molecular flexibility index (Phi) is 5.17. The fourth-order valence-corrected chi connectivity index (χ4v) is 0.512. The number of allylic oxidation sites excluding steroid dienone is 1. The van der Waals surface area contributed by atoms with Gasteiger partial charge in [0.05, 0.1) is 0 Å². The second kappa shape index (κ2) is 5.71. The quantitative estimate of drug-likeness (QED) is 0.481. The highest BCUT2D eigenvalue weighted by molar-refractivity contribution is 5.87. The van der Waals surface area contributed by atoms with Crippen LogP contribution in [0.5, 0.6) is 0 Å². The Bertz CT molecular complexity index is 159. The Morgan fingerprint density at radius 1 is 1.64 bits per heavy atom. The largest absolute Gasteiger partial charge is 0.349 e. The fraction of sp³-hybridized carbons (Fsp3) is 0.444. The second-order valence-electron chi connectivity index (χ2n) is 2.64. The molecule has 0 saturated heterocycles. The van der Waals surface area contributed by atoms with Gasteiger partial charge in [0.25, 0.3) is 0 Å². The lowest BCUT2D eigenvalue weighted by molar-refractivity contribution is -0.116. The molecule has 0 atom stereocenters. The minimum Gasteiger partial charge on any atom is -0.349 e. The van der Waals surface area contributed by atoms with Crippen LogP contribution in [0.3, 0.4) is 0 Å². The van der Waals surface area contributed by atoms with Crippen molar-refractivity contribution < 1.29 is 4.79 Å². The summed E-state index contributed by atoms with van der Waals surface area (Å²) in [5.41, 5.74) is 0. The summed E-state index contributed by atoms with van der Waals surface area (Å²) < 4.78 is 0. The van der Waals surface area contributed by atoms with Crippen LogP contribution in [0.2, 0.25) is 0 Å². The van der Waals surface area contributed by atoms with Gasteiger partial charge < -0.3 is 5.32 Å². The van der Waals surface area contributed by atoms with Crippen LogP contribution in [0.4, 0.5) is 0 Å². The van der Waals surface area contributed by atoms with Crippen LogP contribution < -0.4 is 5.32 Å². The van der Waals surface area contributed by atoms with Gasteiger partial charge in [0.2, 0.25) is 5.91 Å². The van der Waals surface area contributed by atoms with E-state index in [2.05, 4.69) is 11.9 Å². The van der Waals surface area contributed by atoms with Crippen LogP contribution in [0, 0.1) is 5.92 Å². The number of nitrogens with one attached hydrogen (secondary N) is 1. The SMILES string of the molecule is C=CCNC(=O)/C=C/C(C)C. The molecule has 0 spiro atoms. The number of hydrogen-bond acceptors (Lipinski definition) is 1. The molecular formula is C9H15NO. The van der Waals surface area contributed by atoms with Crippen molar-refractivity contribution in [3.05, 3.63) is 24.8 Å². The van der Waals surface area contributed by atoms with Crippen LogP contribution in [0.15, 0.2) is 24.8 Å². The smallest absolute Gasteiger partial charge is 0.243 e. The molecule has 0 radical (unpaired) electrons. The van der Waals surface area contributed by atoms with Gasteiger partial charge in [0.1, 0.15) is 0 Å². The first kappa shape index (κ1) is 9.95. The van der Waals surface area contributed by atoms with Crippen molar-refractivity contribution >= 4 is 5.91 Å². The van der Waals surface area contributed by atoms with Gasteiger partial charge in [-0.25, -0.2) is 0 Å². The number of amides is 1.